The number of amidine groups is 1. The van der Waals surface area contributed by atoms with Crippen LogP contribution in [-0.4, -0.2) is 82.8 Å². The number of carbonyl (C=O) groups excluding carboxylic acids is 2. The van der Waals surface area contributed by atoms with Gasteiger partial charge in [0.25, 0.3) is 0 Å². The molecule has 1 aliphatic carbocycles. The number of aromatic nitrogens is 1. The smallest absolute Gasteiger partial charge is 0.326 e. The molecule has 49 heavy (non-hydrogen) atoms. The number of hydrogen-bond acceptors (Lipinski definition) is 6. The van der Waals surface area contributed by atoms with E-state index in [4.69, 9.17) is 37.9 Å². The Morgan fingerprint density at radius 2 is 1.53 bits per heavy atom. The minimum Gasteiger partial charge on any atom is -0.493 e. The lowest BCUT2D eigenvalue weighted by atomic mass is 9.71. The number of aliphatic imine (C=N–C) groups is 1. The maximum atomic E-state index is 15.2. The van der Waals surface area contributed by atoms with Crippen molar-refractivity contribution in [3.05, 3.63) is 93.2 Å². The molecule has 0 bridgehead atoms. The van der Waals surface area contributed by atoms with Gasteiger partial charge in [0, 0.05) is 65.6 Å². The third kappa shape index (κ3) is 6.90. The van der Waals surface area contributed by atoms with Gasteiger partial charge in [0.15, 0.2) is 0 Å². The summed E-state index contributed by atoms with van der Waals surface area (Å²) in [6.07, 6.45) is 3.89. The molecular weight excluding hydrogens is 659 g/mol. The van der Waals surface area contributed by atoms with Gasteiger partial charge in [-0.05, 0) is 69.0 Å². The van der Waals surface area contributed by atoms with Crippen LogP contribution >= 0.6 is 23.2 Å². The molecule has 0 unspecified atom stereocenters. The van der Waals surface area contributed by atoms with Gasteiger partial charge in [-0.2, -0.15) is 0 Å². The molecule has 11 heteroatoms. The molecule has 2 aromatic carbocycles. The maximum absolute atomic E-state index is 15.2. The molecule has 0 spiro atoms. The fourth-order valence-corrected chi connectivity index (χ4v) is 7.05. The molecule has 3 aromatic rings. The topological polar surface area (TPSA) is 90.4 Å². The SMILES string of the molecule is CCOc1cc(C(C)(C)C)ncc1C1=N[C@](C)(c2ccc(Cl)cc2)[C@@](C)(c2ccc(Cl)cc2)N1C(=O)N1CCN(CC(=O)NC2CC2)CC1. The fraction of sp³-hybridized carbons (Fsp3) is 0.474. The molecule has 2 atom stereocenters. The van der Waals surface area contributed by atoms with Crippen LogP contribution in [0.1, 0.15) is 76.8 Å². The quantitative estimate of drug-likeness (QED) is 0.273. The molecule has 0 radical (unpaired) electrons. The summed E-state index contributed by atoms with van der Waals surface area (Å²) in [7, 11) is 0. The Morgan fingerprint density at radius 3 is 2.08 bits per heavy atom. The summed E-state index contributed by atoms with van der Waals surface area (Å²) in [5, 5.41) is 4.28. The number of halogens is 2. The maximum Gasteiger partial charge on any atom is 0.326 e. The van der Waals surface area contributed by atoms with Gasteiger partial charge in [0.2, 0.25) is 5.91 Å². The van der Waals surface area contributed by atoms with Crippen LogP contribution in [0.4, 0.5) is 4.79 Å². The van der Waals surface area contributed by atoms with E-state index in [1.165, 1.54) is 0 Å². The summed E-state index contributed by atoms with van der Waals surface area (Å²) in [6.45, 7) is 15.3. The van der Waals surface area contributed by atoms with Crippen LogP contribution in [0.25, 0.3) is 0 Å². The molecule has 1 N–H and O–H groups in total. The highest BCUT2D eigenvalue weighted by molar-refractivity contribution is 6.30. The molecule has 260 valence electrons. The third-order valence-corrected chi connectivity index (χ3v) is 10.6. The molecule has 1 aromatic heterocycles. The molecule has 6 rings (SSSR count). The van der Waals surface area contributed by atoms with E-state index < -0.39 is 11.1 Å². The fourth-order valence-electron chi connectivity index (χ4n) is 6.80. The average molecular weight is 706 g/mol. The Labute approximate surface area is 299 Å². The molecule has 3 heterocycles. The first-order chi connectivity index (χ1) is 23.2. The summed E-state index contributed by atoms with van der Waals surface area (Å²) in [5.41, 5.74) is 1.06. The largest absolute Gasteiger partial charge is 0.493 e. The summed E-state index contributed by atoms with van der Waals surface area (Å²) in [5.74, 6) is 1.13. The van der Waals surface area contributed by atoms with Gasteiger partial charge in [-0.15, -0.1) is 0 Å². The van der Waals surface area contributed by atoms with Gasteiger partial charge < -0.3 is 15.0 Å². The van der Waals surface area contributed by atoms with Crippen molar-refractivity contribution in [1.82, 2.24) is 25.0 Å². The van der Waals surface area contributed by atoms with Crippen LogP contribution in [0.3, 0.4) is 0 Å². The van der Waals surface area contributed by atoms with Crippen LogP contribution in [0.15, 0.2) is 65.8 Å². The second-order valence-corrected chi connectivity index (χ2v) is 15.4. The zero-order valence-corrected chi connectivity index (χ0v) is 30.7. The first kappa shape index (κ1) is 35.2. The predicted molar refractivity (Wildman–Crippen MR) is 195 cm³/mol. The lowest BCUT2D eigenvalue weighted by Gasteiger charge is -2.47. The number of urea groups is 1. The Hall–Kier alpha value is -3.66. The molecule has 3 aliphatic rings. The van der Waals surface area contributed by atoms with E-state index in [1.807, 2.05) is 71.3 Å². The number of pyridine rings is 1. The second kappa shape index (κ2) is 13.6. The number of benzene rings is 2. The zero-order valence-electron chi connectivity index (χ0n) is 29.2. The Morgan fingerprint density at radius 1 is 0.939 bits per heavy atom. The Kier molecular flexibility index (Phi) is 9.74. The van der Waals surface area contributed by atoms with E-state index >= 15 is 4.79 Å². The Balaban J connectivity index is 1.46. The number of carbonyl (C=O) groups is 2. The second-order valence-electron chi connectivity index (χ2n) is 14.6. The van der Waals surface area contributed by atoms with Crippen LogP contribution < -0.4 is 10.1 Å². The van der Waals surface area contributed by atoms with Crippen molar-refractivity contribution in [2.75, 3.05) is 39.3 Å². The van der Waals surface area contributed by atoms with Crippen molar-refractivity contribution in [1.29, 1.82) is 0 Å². The van der Waals surface area contributed by atoms with Gasteiger partial charge in [0.1, 0.15) is 22.7 Å². The van der Waals surface area contributed by atoms with Crippen LogP contribution in [0.5, 0.6) is 5.75 Å². The summed E-state index contributed by atoms with van der Waals surface area (Å²) in [4.78, 5) is 43.9. The van der Waals surface area contributed by atoms with E-state index in [0.29, 0.717) is 72.6 Å². The number of piperazine rings is 1. The van der Waals surface area contributed by atoms with E-state index in [2.05, 4.69) is 44.8 Å². The van der Waals surface area contributed by atoms with E-state index in [0.717, 1.165) is 29.7 Å². The van der Waals surface area contributed by atoms with Gasteiger partial charge in [-0.1, -0.05) is 68.2 Å². The summed E-state index contributed by atoms with van der Waals surface area (Å²) < 4.78 is 6.27. The first-order valence-corrected chi connectivity index (χ1v) is 17.9. The standard InChI is InChI=1S/C38H46Cl2N6O3/c1-7-49-31-22-32(36(2,3)4)41-23-30(31)34-43-37(5,25-8-12-27(39)13-9-25)38(6,26-10-14-28(40)15-11-26)46(34)35(48)45-20-18-44(19-21-45)24-33(47)42-29-16-17-29/h8-15,22-23,29H,7,16-21,24H2,1-6H3,(H,42,47)/t37-,38-/m1/s1. The van der Waals surface area contributed by atoms with Gasteiger partial charge in [0.05, 0.1) is 18.7 Å². The number of rotatable bonds is 8. The molecule has 2 aliphatic heterocycles. The van der Waals surface area contributed by atoms with Crippen molar-refractivity contribution in [2.24, 2.45) is 4.99 Å². The first-order valence-electron chi connectivity index (χ1n) is 17.1. The summed E-state index contributed by atoms with van der Waals surface area (Å²) in [6, 6.07) is 17.4. The highest BCUT2D eigenvalue weighted by Gasteiger charge is 2.60. The van der Waals surface area contributed by atoms with Crippen molar-refractivity contribution in [3.63, 3.8) is 0 Å². The van der Waals surface area contributed by atoms with Crippen molar-refractivity contribution in [2.45, 2.75) is 76.9 Å². The minimum absolute atomic E-state index is 0.0416. The molecule has 1 saturated carbocycles. The highest BCUT2D eigenvalue weighted by Crippen LogP contribution is 2.54. The van der Waals surface area contributed by atoms with Gasteiger partial charge in [-0.3, -0.25) is 24.6 Å². The Bertz CT molecular complexity index is 1730. The van der Waals surface area contributed by atoms with Crippen molar-refractivity contribution >= 4 is 41.0 Å². The molecule has 9 nitrogen and oxygen atoms in total. The third-order valence-electron chi connectivity index (χ3n) is 10.1. The van der Waals surface area contributed by atoms with Gasteiger partial charge >= 0.3 is 6.03 Å². The van der Waals surface area contributed by atoms with Crippen molar-refractivity contribution in [3.8, 4) is 5.75 Å². The lowest BCUT2D eigenvalue weighted by molar-refractivity contribution is -0.122. The lowest BCUT2D eigenvalue weighted by Crippen LogP contribution is -2.61. The molecule has 1 saturated heterocycles. The number of nitrogens with zero attached hydrogens (tertiary/aromatic N) is 5. The predicted octanol–water partition coefficient (Wildman–Crippen LogP) is 6.99. The summed E-state index contributed by atoms with van der Waals surface area (Å²) >= 11 is 12.8. The molecule has 2 fully saturated rings. The van der Waals surface area contributed by atoms with Crippen LogP contribution in [0.2, 0.25) is 10.0 Å². The number of nitrogens with one attached hydrogen (secondary N) is 1. The highest BCUT2D eigenvalue weighted by atomic mass is 35.5. The van der Waals surface area contributed by atoms with Crippen molar-refractivity contribution < 1.29 is 14.3 Å². The van der Waals surface area contributed by atoms with Crippen LogP contribution in [0, 0.1) is 0 Å². The molecule has 3 amide bonds. The number of hydrogen-bond donors (Lipinski definition) is 1. The average Bonchev–Trinajstić information content (AvgIpc) is 3.84. The minimum atomic E-state index is -1.02. The molecular formula is C38H46Cl2N6O3. The number of ether oxygens (including phenoxy) is 1. The zero-order chi connectivity index (χ0) is 35.1. The van der Waals surface area contributed by atoms with Crippen LogP contribution in [-0.2, 0) is 21.3 Å². The van der Waals surface area contributed by atoms with E-state index in [-0.39, 0.29) is 17.4 Å². The normalized spacial score (nSPS) is 23.0. The monoisotopic (exact) mass is 704 g/mol. The number of amides is 3. The van der Waals surface area contributed by atoms with E-state index in [9.17, 15) is 4.79 Å². The van der Waals surface area contributed by atoms with E-state index in [1.54, 1.807) is 6.20 Å². The van der Waals surface area contributed by atoms with Gasteiger partial charge in [-0.25, -0.2) is 4.79 Å².